The predicted octanol–water partition coefficient (Wildman–Crippen LogP) is 2.95. The van der Waals surface area contributed by atoms with E-state index in [9.17, 15) is 14.7 Å². The Bertz CT molecular complexity index is 854. The van der Waals surface area contributed by atoms with E-state index in [0.29, 0.717) is 31.9 Å². The van der Waals surface area contributed by atoms with Crippen molar-refractivity contribution in [1.82, 2.24) is 4.90 Å². The molecule has 6 heteroatoms. The van der Waals surface area contributed by atoms with Gasteiger partial charge in [-0.05, 0) is 36.6 Å². The Morgan fingerprint density at radius 3 is 2.61 bits per heavy atom. The van der Waals surface area contributed by atoms with Crippen LogP contribution in [0.2, 0.25) is 0 Å². The van der Waals surface area contributed by atoms with Crippen LogP contribution in [-0.2, 0) is 14.3 Å². The first-order chi connectivity index (χ1) is 13.6. The van der Waals surface area contributed by atoms with Gasteiger partial charge < -0.3 is 19.5 Å². The molecule has 6 nitrogen and oxygen atoms in total. The number of aliphatic carboxylic acids is 1. The number of carbonyl (C=O) groups is 2. The van der Waals surface area contributed by atoms with Crippen LogP contribution in [0.15, 0.2) is 42.5 Å². The third kappa shape index (κ3) is 3.83. The van der Waals surface area contributed by atoms with Gasteiger partial charge >= 0.3 is 5.97 Å². The maximum Gasteiger partial charge on any atom is 0.309 e. The maximum absolute atomic E-state index is 12.6. The third-order valence-electron chi connectivity index (χ3n) is 5.91. The monoisotopic (exact) mass is 383 g/mol. The summed E-state index contributed by atoms with van der Waals surface area (Å²) in [5.74, 6) is -0.309. The van der Waals surface area contributed by atoms with Crippen molar-refractivity contribution in [2.75, 3.05) is 26.3 Å². The van der Waals surface area contributed by atoms with Crippen LogP contribution in [0.1, 0.15) is 19.3 Å². The number of benzene rings is 2. The topological polar surface area (TPSA) is 76.1 Å². The van der Waals surface area contributed by atoms with E-state index in [-0.39, 0.29) is 24.5 Å². The van der Waals surface area contributed by atoms with Gasteiger partial charge in [-0.2, -0.15) is 0 Å². The molecule has 1 unspecified atom stereocenters. The Balaban J connectivity index is 1.31. The summed E-state index contributed by atoms with van der Waals surface area (Å²) < 4.78 is 11.5. The molecule has 2 fully saturated rings. The molecule has 4 rings (SSSR count). The molecule has 1 N–H and O–H groups in total. The standard InChI is InChI=1S/C22H25NO5/c24-20(14-28-19-7-3-5-15-4-1-2-6-17(15)19)23-11-8-16(9-12-23)21-18(22(25)26)10-13-27-21/h1-7,16,18,21H,8-14H2,(H,25,26)/t18?,21-/m0/s1. The summed E-state index contributed by atoms with van der Waals surface area (Å²) >= 11 is 0. The average Bonchev–Trinajstić information content (AvgIpc) is 3.22. The summed E-state index contributed by atoms with van der Waals surface area (Å²) in [7, 11) is 0. The largest absolute Gasteiger partial charge is 0.483 e. The molecule has 0 saturated carbocycles. The van der Waals surface area contributed by atoms with Crippen molar-refractivity contribution >= 4 is 22.6 Å². The number of carboxylic acids is 1. The van der Waals surface area contributed by atoms with Crippen LogP contribution >= 0.6 is 0 Å². The second kappa shape index (κ2) is 8.19. The van der Waals surface area contributed by atoms with Crippen LogP contribution in [0.4, 0.5) is 0 Å². The number of hydrogen-bond donors (Lipinski definition) is 1. The normalized spacial score (nSPS) is 23.1. The zero-order valence-corrected chi connectivity index (χ0v) is 15.8. The highest BCUT2D eigenvalue weighted by Crippen LogP contribution is 2.33. The van der Waals surface area contributed by atoms with Crippen molar-refractivity contribution in [3.63, 3.8) is 0 Å². The van der Waals surface area contributed by atoms with Gasteiger partial charge in [0.1, 0.15) is 5.75 Å². The molecule has 0 radical (unpaired) electrons. The van der Waals surface area contributed by atoms with Crippen molar-refractivity contribution < 1.29 is 24.2 Å². The number of carbonyl (C=O) groups excluding carboxylic acids is 1. The first-order valence-corrected chi connectivity index (χ1v) is 9.86. The van der Waals surface area contributed by atoms with Crippen molar-refractivity contribution in [2.45, 2.75) is 25.4 Å². The summed E-state index contributed by atoms with van der Waals surface area (Å²) in [6.45, 7) is 1.76. The van der Waals surface area contributed by atoms with Crippen molar-refractivity contribution in [1.29, 1.82) is 0 Å². The zero-order chi connectivity index (χ0) is 19.5. The molecule has 0 aromatic heterocycles. The second-order valence-electron chi connectivity index (χ2n) is 7.55. The van der Waals surface area contributed by atoms with Gasteiger partial charge in [0, 0.05) is 25.1 Å². The lowest BCUT2D eigenvalue weighted by Gasteiger charge is -2.35. The molecule has 2 aliphatic rings. The zero-order valence-electron chi connectivity index (χ0n) is 15.8. The molecule has 2 heterocycles. The molecule has 1 amide bonds. The summed E-state index contributed by atoms with van der Waals surface area (Å²) in [6, 6.07) is 13.8. The molecule has 2 aromatic carbocycles. The quantitative estimate of drug-likeness (QED) is 0.859. The number of hydrogen-bond acceptors (Lipinski definition) is 4. The van der Waals surface area contributed by atoms with Gasteiger partial charge in [-0.25, -0.2) is 0 Å². The van der Waals surface area contributed by atoms with Crippen LogP contribution in [0, 0.1) is 11.8 Å². The molecule has 148 valence electrons. The minimum Gasteiger partial charge on any atom is -0.483 e. The third-order valence-corrected chi connectivity index (χ3v) is 5.91. The van der Waals surface area contributed by atoms with Crippen LogP contribution < -0.4 is 4.74 Å². The lowest BCUT2D eigenvalue weighted by molar-refractivity contribution is -0.146. The summed E-state index contributed by atoms with van der Waals surface area (Å²) in [6.07, 6.45) is 1.91. The molecular weight excluding hydrogens is 358 g/mol. The van der Waals surface area contributed by atoms with Crippen LogP contribution in [-0.4, -0.2) is 54.3 Å². The van der Waals surface area contributed by atoms with Crippen molar-refractivity contribution in [3.8, 4) is 5.75 Å². The maximum atomic E-state index is 12.6. The summed E-state index contributed by atoms with van der Waals surface area (Å²) in [5.41, 5.74) is 0. The molecule has 2 saturated heterocycles. The van der Waals surface area contributed by atoms with Gasteiger partial charge in [0.2, 0.25) is 0 Å². The smallest absolute Gasteiger partial charge is 0.309 e. The van der Waals surface area contributed by atoms with E-state index < -0.39 is 11.9 Å². The number of amides is 1. The molecule has 0 spiro atoms. The summed E-state index contributed by atoms with van der Waals surface area (Å²) in [4.78, 5) is 25.8. The van der Waals surface area contributed by atoms with Crippen molar-refractivity contribution in [2.24, 2.45) is 11.8 Å². The average molecular weight is 383 g/mol. The molecule has 2 atom stereocenters. The van der Waals surface area contributed by atoms with Crippen LogP contribution in [0.3, 0.4) is 0 Å². The van der Waals surface area contributed by atoms with E-state index in [2.05, 4.69) is 0 Å². The van der Waals surface area contributed by atoms with E-state index in [1.807, 2.05) is 47.4 Å². The fraction of sp³-hybridized carbons (Fsp3) is 0.455. The van der Waals surface area contributed by atoms with E-state index >= 15 is 0 Å². The Hall–Kier alpha value is -2.60. The fourth-order valence-electron chi connectivity index (χ4n) is 4.37. The first-order valence-electron chi connectivity index (χ1n) is 9.86. The number of piperidine rings is 1. The SMILES string of the molecule is O=C(O)C1CCO[C@H]1C1CCN(C(=O)COc2cccc3ccccc23)CC1. The number of carboxylic acid groups (broad SMARTS) is 1. The number of fused-ring (bicyclic) bond motifs is 1. The summed E-state index contributed by atoms with van der Waals surface area (Å²) in [5, 5.41) is 11.4. The number of rotatable bonds is 5. The van der Waals surface area contributed by atoms with E-state index in [1.165, 1.54) is 0 Å². The van der Waals surface area contributed by atoms with Crippen LogP contribution in [0.25, 0.3) is 10.8 Å². The first kappa shape index (κ1) is 18.7. The number of likely N-dealkylation sites (tertiary alicyclic amines) is 1. The van der Waals surface area contributed by atoms with E-state index in [4.69, 9.17) is 9.47 Å². The lowest BCUT2D eigenvalue weighted by atomic mass is 9.84. The molecule has 2 aliphatic heterocycles. The van der Waals surface area contributed by atoms with Gasteiger partial charge in [-0.1, -0.05) is 36.4 Å². The minimum atomic E-state index is -0.774. The van der Waals surface area contributed by atoms with Gasteiger partial charge in [-0.15, -0.1) is 0 Å². The Labute approximate surface area is 164 Å². The van der Waals surface area contributed by atoms with Crippen LogP contribution in [0.5, 0.6) is 5.75 Å². The molecule has 0 aliphatic carbocycles. The molecule has 2 aromatic rings. The Kier molecular flexibility index (Phi) is 5.48. The Morgan fingerprint density at radius 1 is 1.07 bits per heavy atom. The Morgan fingerprint density at radius 2 is 1.82 bits per heavy atom. The second-order valence-corrected chi connectivity index (χ2v) is 7.55. The van der Waals surface area contributed by atoms with E-state index in [0.717, 1.165) is 23.6 Å². The highest BCUT2D eigenvalue weighted by molar-refractivity contribution is 5.88. The highest BCUT2D eigenvalue weighted by Gasteiger charge is 2.40. The fourth-order valence-corrected chi connectivity index (χ4v) is 4.37. The molecule has 0 bridgehead atoms. The minimum absolute atomic E-state index is 0.0103. The predicted molar refractivity (Wildman–Crippen MR) is 104 cm³/mol. The van der Waals surface area contributed by atoms with Gasteiger partial charge in [-0.3, -0.25) is 9.59 Å². The van der Waals surface area contributed by atoms with Gasteiger partial charge in [0.25, 0.3) is 5.91 Å². The molecular formula is C22H25NO5. The van der Waals surface area contributed by atoms with Gasteiger partial charge in [0.05, 0.1) is 12.0 Å². The molecule has 28 heavy (non-hydrogen) atoms. The van der Waals surface area contributed by atoms with E-state index in [1.54, 1.807) is 0 Å². The lowest BCUT2D eigenvalue weighted by Crippen LogP contribution is -2.44. The number of nitrogens with zero attached hydrogens (tertiary/aromatic N) is 1. The van der Waals surface area contributed by atoms with Crippen molar-refractivity contribution in [3.05, 3.63) is 42.5 Å². The number of ether oxygens (including phenoxy) is 2. The van der Waals surface area contributed by atoms with Gasteiger partial charge in [0.15, 0.2) is 6.61 Å². The highest BCUT2D eigenvalue weighted by atomic mass is 16.5.